The Balaban J connectivity index is 1.48. The van der Waals surface area contributed by atoms with Gasteiger partial charge in [-0.2, -0.15) is 0 Å². The van der Waals surface area contributed by atoms with Crippen LogP contribution in [-0.2, 0) is 20.7 Å². The topological polar surface area (TPSA) is 73.9 Å². The maximum absolute atomic E-state index is 11.9. The molecule has 148 valence electrons. The third kappa shape index (κ3) is 4.95. The molecule has 2 aromatic rings. The van der Waals surface area contributed by atoms with Gasteiger partial charge in [0.15, 0.2) is 24.7 Å². The predicted molar refractivity (Wildman–Crippen MR) is 106 cm³/mol. The molecule has 6 nitrogen and oxygen atoms in total. The summed E-state index contributed by atoms with van der Waals surface area (Å²) < 4.78 is 16.4. The summed E-state index contributed by atoms with van der Waals surface area (Å²) in [6, 6.07) is 10.8. The Bertz CT molecular complexity index is 910. The number of hydrogen-bond acceptors (Lipinski definition) is 5. The van der Waals surface area contributed by atoms with E-state index in [1.54, 1.807) is 18.2 Å². The molecular formula is C21H22ClNO5. The normalized spacial score (nSPS) is 14.0. The van der Waals surface area contributed by atoms with Crippen molar-refractivity contribution in [2.24, 2.45) is 0 Å². The minimum absolute atomic E-state index is 0.308. The highest BCUT2D eigenvalue weighted by Gasteiger charge is 2.32. The van der Waals surface area contributed by atoms with Gasteiger partial charge in [0.1, 0.15) is 5.60 Å². The highest BCUT2D eigenvalue weighted by atomic mass is 35.5. The average molecular weight is 404 g/mol. The van der Waals surface area contributed by atoms with E-state index in [0.717, 1.165) is 17.5 Å². The van der Waals surface area contributed by atoms with Gasteiger partial charge in [-0.15, -0.1) is 0 Å². The first-order chi connectivity index (χ1) is 13.2. The van der Waals surface area contributed by atoms with Crippen LogP contribution in [0.5, 0.6) is 11.5 Å². The van der Waals surface area contributed by atoms with Gasteiger partial charge in [0.05, 0.1) is 10.7 Å². The molecule has 0 radical (unpaired) electrons. The van der Waals surface area contributed by atoms with Crippen LogP contribution in [0.3, 0.4) is 0 Å². The van der Waals surface area contributed by atoms with E-state index in [1.165, 1.54) is 0 Å². The van der Waals surface area contributed by atoms with E-state index in [-0.39, 0.29) is 12.2 Å². The van der Waals surface area contributed by atoms with E-state index in [1.807, 2.05) is 39.0 Å². The third-order valence-electron chi connectivity index (χ3n) is 4.16. The highest BCUT2D eigenvalue weighted by Crippen LogP contribution is 2.41. The molecule has 0 aliphatic carbocycles. The number of esters is 1. The van der Waals surface area contributed by atoms with Gasteiger partial charge < -0.3 is 19.5 Å². The Morgan fingerprint density at radius 3 is 2.75 bits per heavy atom. The fourth-order valence-electron chi connectivity index (χ4n) is 2.93. The van der Waals surface area contributed by atoms with Gasteiger partial charge in [0.25, 0.3) is 5.91 Å². The van der Waals surface area contributed by atoms with Gasteiger partial charge in [0, 0.05) is 12.0 Å². The van der Waals surface area contributed by atoms with E-state index in [9.17, 15) is 9.59 Å². The van der Waals surface area contributed by atoms with Crippen molar-refractivity contribution in [1.29, 1.82) is 0 Å². The van der Waals surface area contributed by atoms with E-state index < -0.39 is 18.5 Å². The number of hydrogen-bond donors (Lipinski definition) is 1. The lowest BCUT2D eigenvalue weighted by Crippen LogP contribution is -2.25. The molecule has 2 aromatic carbocycles. The third-order valence-corrected chi connectivity index (χ3v) is 4.48. The number of carbonyl (C=O) groups excluding carboxylic acids is 2. The molecule has 1 heterocycles. The zero-order chi connectivity index (χ0) is 20.3. The Hall–Kier alpha value is -2.73. The molecule has 1 aliphatic rings. The van der Waals surface area contributed by atoms with Crippen molar-refractivity contribution >= 4 is 29.2 Å². The molecule has 7 heteroatoms. The van der Waals surface area contributed by atoms with Crippen LogP contribution in [0.4, 0.5) is 5.69 Å². The molecule has 0 fully saturated rings. The lowest BCUT2D eigenvalue weighted by molar-refractivity contribution is -0.149. The van der Waals surface area contributed by atoms with E-state index >= 15 is 0 Å². The van der Waals surface area contributed by atoms with E-state index in [4.69, 9.17) is 25.8 Å². The van der Waals surface area contributed by atoms with Crippen LogP contribution in [0.15, 0.2) is 36.4 Å². The average Bonchev–Trinajstić information content (AvgIpc) is 2.95. The molecule has 0 spiro atoms. The number of aryl methyl sites for hydroxylation is 1. The number of benzene rings is 2. The van der Waals surface area contributed by atoms with Crippen LogP contribution >= 0.6 is 11.6 Å². The van der Waals surface area contributed by atoms with Crippen LogP contribution in [0.1, 0.15) is 25.0 Å². The van der Waals surface area contributed by atoms with Crippen molar-refractivity contribution in [3.63, 3.8) is 0 Å². The second-order valence-electron chi connectivity index (χ2n) is 7.26. The first kappa shape index (κ1) is 20.0. The Morgan fingerprint density at radius 2 is 2.00 bits per heavy atom. The van der Waals surface area contributed by atoms with Crippen LogP contribution in [0.2, 0.25) is 5.02 Å². The largest absolute Gasteiger partial charge is 0.483 e. The number of amides is 1. The number of para-hydroxylation sites is 1. The summed E-state index contributed by atoms with van der Waals surface area (Å²) >= 11 is 6.07. The summed E-state index contributed by atoms with van der Waals surface area (Å²) in [5.41, 5.74) is 2.17. The fraction of sp³-hybridized carbons (Fsp3) is 0.333. The summed E-state index contributed by atoms with van der Waals surface area (Å²) in [6.45, 7) is 5.13. The summed E-state index contributed by atoms with van der Waals surface area (Å²) in [7, 11) is 0. The number of fused-ring (bicyclic) bond motifs is 1. The minimum atomic E-state index is -0.653. The molecule has 1 aliphatic heterocycles. The molecular weight excluding hydrogens is 382 g/mol. The molecule has 1 amide bonds. The zero-order valence-electron chi connectivity index (χ0n) is 16.0. The highest BCUT2D eigenvalue weighted by molar-refractivity contribution is 6.33. The molecule has 0 bridgehead atoms. The molecule has 0 unspecified atom stereocenters. The van der Waals surface area contributed by atoms with Crippen molar-refractivity contribution in [2.45, 2.75) is 32.8 Å². The number of ether oxygens (including phenoxy) is 3. The number of anilines is 1. The molecule has 0 aromatic heterocycles. The summed E-state index contributed by atoms with van der Waals surface area (Å²) in [5, 5.41) is 3.02. The fourth-order valence-corrected chi connectivity index (χ4v) is 3.22. The SMILES string of the molecule is Cc1ccc(NC(=O)COC(=O)COc2cccc3c2OC(C)(C)C3)c(Cl)c1. The second kappa shape index (κ2) is 8.10. The molecule has 0 saturated carbocycles. The van der Waals surface area contributed by atoms with Crippen LogP contribution < -0.4 is 14.8 Å². The van der Waals surface area contributed by atoms with Crippen molar-refractivity contribution in [3.8, 4) is 11.5 Å². The monoisotopic (exact) mass is 403 g/mol. The first-order valence-corrected chi connectivity index (χ1v) is 9.27. The number of rotatable bonds is 6. The van der Waals surface area contributed by atoms with Crippen molar-refractivity contribution in [3.05, 3.63) is 52.5 Å². The summed E-state index contributed by atoms with van der Waals surface area (Å²) in [4.78, 5) is 23.9. The first-order valence-electron chi connectivity index (χ1n) is 8.89. The van der Waals surface area contributed by atoms with Crippen LogP contribution in [-0.4, -0.2) is 30.7 Å². The molecule has 0 saturated heterocycles. The van der Waals surface area contributed by atoms with Crippen molar-refractivity contribution < 1.29 is 23.8 Å². The van der Waals surface area contributed by atoms with Gasteiger partial charge in [-0.25, -0.2) is 4.79 Å². The summed E-state index contributed by atoms with van der Waals surface area (Å²) in [6.07, 6.45) is 0.770. The maximum Gasteiger partial charge on any atom is 0.344 e. The Kier molecular flexibility index (Phi) is 5.79. The standard InChI is InChI=1S/C21H22ClNO5/c1-13-7-8-16(15(22)9-13)23-18(24)11-27-19(25)12-26-17-6-4-5-14-10-21(2,3)28-20(14)17/h4-9H,10-12H2,1-3H3,(H,23,24). The van der Waals surface area contributed by atoms with E-state index in [2.05, 4.69) is 5.32 Å². The number of carbonyl (C=O) groups is 2. The molecule has 1 N–H and O–H groups in total. The zero-order valence-corrected chi connectivity index (χ0v) is 16.8. The quantitative estimate of drug-likeness (QED) is 0.740. The lowest BCUT2D eigenvalue weighted by Gasteiger charge is -2.18. The van der Waals surface area contributed by atoms with Crippen molar-refractivity contribution in [1.82, 2.24) is 0 Å². The van der Waals surface area contributed by atoms with Crippen LogP contribution in [0.25, 0.3) is 0 Å². The summed E-state index contributed by atoms with van der Waals surface area (Å²) in [5.74, 6) is -0.00669. The van der Waals surface area contributed by atoms with Gasteiger partial charge in [-0.3, -0.25) is 4.79 Å². The van der Waals surface area contributed by atoms with Crippen LogP contribution in [0, 0.1) is 6.92 Å². The lowest BCUT2D eigenvalue weighted by atomic mass is 10.0. The molecule has 3 rings (SSSR count). The van der Waals surface area contributed by atoms with Crippen molar-refractivity contribution in [2.75, 3.05) is 18.5 Å². The van der Waals surface area contributed by atoms with Gasteiger partial charge in [-0.1, -0.05) is 29.8 Å². The second-order valence-corrected chi connectivity index (χ2v) is 7.67. The maximum atomic E-state index is 11.9. The van der Waals surface area contributed by atoms with Gasteiger partial charge in [0.2, 0.25) is 0 Å². The minimum Gasteiger partial charge on any atom is -0.483 e. The van der Waals surface area contributed by atoms with E-state index in [0.29, 0.717) is 22.2 Å². The number of halogens is 1. The Morgan fingerprint density at radius 1 is 1.21 bits per heavy atom. The molecule has 0 atom stereocenters. The molecule has 28 heavy (non-hydrogen) atoms. The smallest absolute Gasteiger partial charge is 0.344 e. The predicted octanol–water partition coefficient (Wildman–Crippen LogP) is 3.92. The van der Waals surface area contributed by atoms with Gasteiger partial charge in [-0.05, 0) is 44.5 Å². The number of nitrogens with one attached hydrogen (secondary N) is 1. The van der Waals surface area contributed by atoms with Gasteiger partial charge >= 0.3 is 5.97 Å². The Labute approximate surface area is 168 Å².